The molecule has 1 aliphatic heterocycles. The van der Waals surface area contributed by atoms with Gasteiger partial charge in [-0.2, -0.15) is 0 Å². The largest absolute Gasteiger partial charge is 0.355 e. The molecule has 2 amide bonds. The van der Waals surface area contributed by atoms with Crippen molar-refractivity contribution >= 4 is 28.9 Å². The molecule has 0 N–H and O–H groups in total. The molecule has 5 nitrogen and oxygen atoms in total. The number of hydrogen-bond donors (Lipinski definition) is 0. The van der Waals surface area contributed by atoms with Crippen LogP contribution < -0.4 is 14.7 Å². The van der Waals surface area contributed by atoms with E-state index in [1.54, 1.807) is 16.8 Å². The molecule has 1 aliphatic carbocycles. The standard InChI is InChI=1S/C22H25N3O2/c1-14-5-8-17(9-6-14)23(3)22(27)16-7-12-19-20(13-16)25(18-10-11-18)15(2)21(26)24(19)4/h5-9,12-13,15,18H,10-11H2,1-4H3/t15-/m1/s1. The van der Waals surface area contributed by atoms with Gasteiger partial charge in [-0.3, -0.25) is 9.59 Å². The molecule has 0 radical (unpaired) electrons. The third-order valence-corrected chi connectivity index (χ3v) is 5.63. The van der Waals surface area contributed by atoms with Crippen LogP contribution in [0.15, 0.2) is 42.5 Å². The van der Waals surface area contributed by atoms with Crippen LogP contribution in [0, 0.1) is 6.92 Å². The molecule has 4 rings (SSSR count). The van der Waals surface area contributed by atoms with E-state index in [0.717, 1.165) is 35.5 Å². The fraction of sp³-hybridized carbons (Fsp3) is 0.364. The van der Waals surface area contributed by atoms with Gasteiger partial charge in [0.25, 0.3) is 5.91 Å². The fourth-order valence-corrected chi connectivity index (χ4v) is 3.82. The lowest BCUT2D eigenvalue weighted by Gasteiger charge is -2.40. The van der Waals surface area contributed by atoms with Crippen LogP contribution in [0.2, 0.25) is 0 Å². The Bertz CT molecular complexity index is 902. The second-order valence-corrected chi connectivity index (χ2v) is 7.61. The SMILES string of the molecule is Cc1ccc(N(C)C(=O)c2ccc3c(c2)N(C2CC2)[C@H](C)C(=O)N3C)cc1. The summed E-state index contributed by atoms with van der Waals surface area (Å²) in [6.45, 7) is 3.98. The van der Waals surface area contributed by atoms with Gasteiger partial charge in [-0.05, 0) is 57.0 Å². The number of nitrogens with zero attached hydrogens (tertiary/aromatic N) is 3. The van der Waals surface area contributed by atoms with Crippen LogP contribution in [-0.2, 0) is 4.79 Å². The van der Waals surface area contributed by atoms with Crippen molar-refractivity contribution in [3.63, 3.8) is 0 Å². The van der Waals surface area contributed by atoms with E-state index < -0.39 is 0 Å². The Morgan fingerprint density at radius 3 is 2.37 bits per heavy atom. The van der Waals surface area contributed by atoms with E-state index in [4.69, 9.17) is 0 Å². The van der Waals surface area contributed by atoms with Gasteiger partial charge in [0.1, 0.15) is 6.04 Å². The zero-order valence-electron chi connectivity index (χ0n) is 16.3. The summed E-state index contributed by atoms with van der Waals surface area (Å²) in [5.74, 6) is 0.0508. The highest BCUT2D eigenvalue weighted by Crippen LogP contribution is 2.42. The van der Waals surface area contributed by atoms with E-state index in [-0.39, 0.29) is 17.9 Å². The van der Waals surface area contributed by atoms with Crippen molar-refractivity contribution in [2.45, 2.75) is 38.8 Å². The first-order valence-corrected chi connectivity index (χ1v) is 9.43. The van der Waals surface area contributed by atoms with Crippen LogP contribution in [0.25, 0.3) is 0 Å². The maximum absolute atomic E-state index is 13.1. The number of carbonyl (C=O) groups excluding carboxylic acids is 2. The molecule has 0 saturated heterocycles. The lowest BCUT2D eigenvalue weighted by molar-refractivity contribution is -0.119. The monoisotopic (exact) mass is 363 g/mol. The molecular weight excluding hydrogens is 338 g/mol. The summed E-state index contributed by atoms with van der Waals surface area (Å²) in [6.07, 6.45) is 2.20. The number of benzene rings is 2. The summed E-state index contributed by atoms with van der Waals surface area (Å²) in [6, 6.07) is 13.8. The molecular formula is C22H25N3O2. The highest BCUT2D eigenvalue weighted by Gasteiger charge is 2.41. The first kappa shape index (κ1) is 17.6. The molecule has 0 bridgehead atoms. The number of rotatable bonds is 3. The minimum atomic E-state index is -0.199. The maximum atomic E-state index is 13.1. The first-order chi connectivity index (χ1) is 12.9. The Morgan fingerprint density at radius 1 is 1.07 bits per heavy atom. The Hall–Kier alpha value is -2.82. The normalized spacial score (nSPS) is 19.1. The van der Waals surface area contributed by atoms with Gasteiger partial charge in [0.05, 0.1) is 11.4 Å². The van der Waals surface area contributed by atoms with Crippen LogP contribution in [0.3, 0.4) is 0 Å². The summed E-state index contributed by atoms with van der Waals surface area (Å²) < 4.78 is 0. The van der Waals surface area contributed by atoms with Crippen molar-refractivity contribution < 1.29 is 9.59 Å². The van der Waals surface area contributed by atoms with E-state index in [9.17, 15) is 9.59 Å². The lowest BCUT2D eigenvalue weighted by atomic mass is 10.0. The van der Waals surface area contributed by atoms with E-state index >= 15 is 0 Å². The highest BCUT2D eigenvalue weighted by atomic mass is 16.2. The average molecular weight is 363 g/mol. The summed E-state index contributed by atoms with van der Waals surface area (Å²) >= 11 is 0. The van der Waals surface area contributed by atoms with Gasteiger partial charge in [-0.25, -0.2) is 0 Å². The van der Waals surface area contributed by atoms with Crippen molar-refractivity contribution in [3.8, 4) is 0 Å². The smallest absolute Gasteiger partial charge is 0.258 e. The molecule has 1 saturated carbocycles. The second-order valence-electron chi connectivity index (χ2n) is 7.61. The Kier molecular flexibility index (Phi) is 4.17. The van der Waals surface area contributed by atoms with Crippen molar-refractivity contribution in [2.24, 2.45) is 0 Å². The molecule has 2 aliphatic rings. The third-order valence-electron chi connectivity index (χ3n) is 5.63. The number of amides is 2. The highest BCUT2D eigenvalue weighted by molar-refractivity contribution is 6.09. The van der Waals surface area contributed by atoms with E-state index in [2.05, 4.69) is 4.90 Å². The first-order valence-electron chi connectivity index (χ1n) is 9.43. The number of aryl methyl sites for hydroxylation is 1. The maximum Gasteiger partial charge on any atom is 0.258 e. The number of likely N-dealkylation sites (N-methyl/N-ethyl adjacent to an activating group) is 1. The number of carbonyl (C=O) groups is 2. The predicted octanol–water partition coefficient (Wildman–Crippen LogP) is 3.61. The molecule has 1 heterocycles. The lowest BCUT2D eigenvalue weighted by Crippen LogP contribution is -2.51. The minimum Gasteiger partial charge on any atom is -0.355 e. The van der Waals surface area contributed by atoms with Crippen molar-refractivity contribution in [3.05, 3.63) is 53.6 Å². The molecule has 140 valence electrons. The van der Waals surface area contributed by atoms with Gasteiger partial charge >= 0.3 is 0 Å². The Balaban J connectivity index is 1.70. The fourth-order valence-electron chi connectivity index (χ4n) is 3.82. The predicted molar refractivity (Wildman–Crippen MR) is 109 cm³/mol. The zero-order chi connectivity index (χ0) is 19.3. The van der Waals surface area contributed by atoms with Crippen molar-refractivity contribution in [1.29, 1.82) is 0 Å². The summed E-state index contributed by atoms with van der Waals surface area (Å²) in [4.78, 5) is 31.2. The number of anilines is 3. The summed E-state index contributed by atoms with van der Waals surface area (Å²) in [5.41, 5.74) is 4.52. The molecule has 0 unspecified atom stereocenters. The second kappa shape index (κ2) is 6.41. The van der Waals surface area contributed by atoms with E-state index in [1.165, 1.54) is 0 Å². The van der Waals surface area contributed by atoms with Gasteiger partial charge in [-0.1, -0.05) is 17.7 Å². The molecule has 27 heavy (non-hydrogen) atoms. The summed E-state index contributed by atoms with van der Waals surface area (Å²) in [7, 11) is 3.60. The van der Waals surface area contributed by atoms with Gasteiger partial charge in [-0.15, -0.1) is 0 Å². The molecule has 0 aromatic heterocycles. The molecule has 0 spiro atoms. The summed E-state index contributed by atoms with van der Waals surface area (Å²) in [5, 5.41) is 0. The van der Waals surface area contributed by atoms with Crippen LogP contribution in [0.4, 0.5) is 17.1 Å². The number of hydrogen-bond acceptors (Lipinski definition) is 3. The van der Waals surface area contributed by atoms with Gasteiger partial charge in [0.15, 0.2) is 0 Å². The molecule has 5 heteroatoms. The van der Waals surface area contributed by atoms with Crippen LogP contribution >= 0.6 is 0 Å². The zero-order valence-corrected chi connectivity index (χ0v) is 16.3. The quantitative estimate of drug-likeness (QED) is 0.837. The van der Waals surface area contributed by atoms with E-state index in [0.29, 0.717) is 11.6 Å². The number of fused-ring (bicyclic) bond motifs is 1. The third kappa shape index (κ3) is 2.97. The van der Waals surface area contributed by atoms with Gasteiger partial charge in [0, 0.05) is 31.4 Å². The Labute approximate surface area is 160 Å². The van der Waals surface area contributed by atoms with Crippen LogP contribution in [-0.4, -0.2) is 38.0 Å². The van der Waals surface area contributed by atoms with Crippen LogP contribution in [0.5, 0.6) is 0 Å². The minimum absolute atomic E-state index is 0.0513. The molecule has 1 fully saturated rings. The van der Waals surface area contributed by atoms with Gasteiger partial charge in [0.2, 0.25) is 5.91 Å². The Morgan fingerprint density at radius 2 is 1.74 bits per heavy atom. The molecule has 2 aromatic rings. The van der Waals surface area contributed by atoms with Crippen molar-refractivity contribution in [2.75, 3.05) is 28.8 Å². The molecule has 1 atom stereocenters. The van der Waals surface area contributed by atoms with Crippen molar-refractivity contribution in [1.82, 2.24) is 0 Å². The van der Waals surface area contributed by atoms with E-state index in [1.807, 2.05) is 63.4 Å². The van der Waals surface area contributed by atoms with Crippen LogP contribution in [0.1, 0.15) is 35.7 Å². The molecule has 2 aromatic carbocycles. The average Bonchev–Trinajstić information content (AvgIpc) is 3.50. The van der Waals surface area contributed by atoms with Gasteiger partial charge < -0.3 is 14.7 Å². The topological polar surface area (TPSA) is 43.9 Å².